The summed E-state index contributed by atoms with van der Waals surface area (Å²) in [4.78, 5) is 14.5. The Morgan fingerprint density at radius 1 is 0.909 bits per heavy atom. The van der Waals surface area contributed by atoms with Crippen LogP contribution in [0.25, 0.3) is 11.1 Å². The predicted octanol–water partition coefficient (Wildman–Crippen LogP) is 2.80. The van der Waals surface area contributed by atoms with Crippen molar-refractivity contribution in [1.29, 1.82) is 0 Å². The molecule has 1 aromatic heterocycles. The van der Waals surface area contributed by atoms with Gasteiger partial charge in [-0.1, -0.05) is 54.6 Å². The number of aryl methyl sites for hydroxylation is 1. The van der Waals surface area contributed by atoms with Crippen molar-refractivity contribution in [1.82, 2.24) is 9.89 Å². The number of H-pyrrole nitrogens is 1. The molecular weight excluding hydrogens is 274 g/mol. The van der Waals surface area contributed by atoms with Crippen molar-refractivity contribution in [2.45, 2.75) is 20.0 Å². The third-order valence-corrected chi connectivity index (χ3v) is 4.22. The number of benzene rings is 2. The van der Waals surface area contributed by atoms with Crippen LogP contribution in [0.15, 0.2) is 59.4 Å². The molecule has 22 heavy (non-hydrogen) atoms. The maximum atomic E-state index is 12.8. The number of fused-ring (bicyclic) bond motifs is 1. The molecule has 2 aromatic carbocycles. The fraction of sp³-hybridized carbons (Fsp3) is 0.167. The molecule has 0 amide bonds. The van der Waals surface area contributed by atoms with E-state index in [1.165, 1.54) is 11.1 Å². The Morgan fingerprint density at radius 3 is 2.14 bits per heavy atom. The summed E-state index contributed by atoms with van der Waals surface area (Å²) in [5, 5.41) is 5.27. The highest BCUT2D eigenvalue weighted by Gasteiger charge is 2.22. The summed E-state index contributed by atoms with van der Waals surface area (Å²) in [6.07, 6.45) is 0. The van der Waals surface area contributed by atoms with Crippen LogP contribution in [0.1, 0.15) is 16.8 Å². The smallest absolute Gasteiger partial charge is 0.286 e. The van der Waals surface area contributed by atoms with E-state index in [4.69, 9.17) is 0 Å². The highest BCUT2D eigenvalue weighted by atomic mass is 16.1. The lowest BCUT2D eigenvalue weighted by atomic mass is 10.1. The lowest BCUT2D eigenvalue weighted by Crippen LogP contribution is -2.37. The van der Waals surface area contributed by atoms with Gasteiger partial charge in [-0.2, -0.15) is 4.79 Å². The van der Waals surface area contributed by atoms with Crippen LogP contribution < -0.4 is 10.6 Å². The van der Waals surface area contributed by atoms with Gasteiger partial charge in [0, 0.05) is 5.69 Å². The van der Waals surface area contributed by atoms with Crippen LogP contribution in [0.3, 0.4) is 0 Å². The van der Waals surface area contributed by atoms with Gasteiger partial charge in [-0.3, -0.25) is 14.9 Å². The third-order valence-electron chi connectivity index (χ3n) is 4.22. The van der Waals surface area contributed by atoms with Gasteiger partial charge in [-0.15, -0.1) is 0 Å². The van der Waals surface area contributed by atoms with Gasteiger partial charge in [0.15, 0.2) is 0 Å². The first kappa shape index (κ1) is 13.0. The molecule has 0 fully saturated rings. The van der Waals surface area contributed by atoms with E-state index in [1.807, 2.05) is 54.4 Å². The van der Waals surface area contributed by atoms with Crippen molar-refractivity contribution in [2.75, 3.05) is 5.01 Å². The summed E-state index contributed by atoms with van der Waals surface area (Å²) < 4.78 is 0. The Hall–Kier alpha value is -2.75. The summed E-state index contributed by atoms with van der Waals surface area (Å²) in [6, 6.07) is 18.1. The molecular formula is C18H17N3O. The fourth-order valence-corrected chi connectivity index (χ4v) is 3.13. The number of aromatic amines is 1. The van der Waals surface area contributed by atoms with Gasteiger partial charge >= 0.3 is 0 Å². The van der Waals surface area contributed by atoms with E-state index in [9.17, 15) is 4.79 Å². The molecule has 1 aliphatic rings. The Labute approximate surface area is 128 Å². The molecule has 0 radical (unpaired) electrons. The van der Waals surface area contributed by atoms with Gasteiger partial charge in [0.25, 0.3) is 5.56 Å². The molecule has 4 heteroatoms. The molecule has 0 saturated heterocycles. The number of aromatic nitrogens is 2. The number of hydrogen-bond acceptors (Lipinski definition) is 2. The molecule has 110 valence electrons. The molecule has 0 saturated carbocycles. The van der Waals surface area contributed by atoms with Gasteiger partial charge in [0.1, 0.15) is 0 Å². The highest BCUT2D eigenvalue weighted by molar-refractivity contribution is 5.64. The van der Waals surface area contributed by atoms with Crippen LogP contribution in [0.5, 0.6) is 0 Å². The zero-order valence-electron chi connectivity index (χ0n) is 12.4. The quantitative estimate of drug-likeness (QED) is 0.789. The molecule has 4 nitrogen and oxygen atoms in total. The second kappa shape index (κ2) is 4.91. The fourth-order valence-electron chi connectivity index (χ4n) is 3.13. The lowest BCUT2D eigenvalue weighted by Gasteiger charge is -2.17. The lowest BCUT2D eigenvalue weighted by molar-refractivity contribution is 0.532. The molecule has 0 bridgehead atoms. The van der Waals surface area contributed by atoms with E-state index >= 15 is 0 Å². The Morgan fingerprint density at radius 2 is 1.50 bits per heavy atom. The highest BCUT2D eigenvalue weighted by Crippen LogP contribution is 2.22. The van der Waals surface area contributed by atoms with Crippen molar-refractivity contribution >= 4 is 0 Å². The van der Waals surface area contributed by atoms with E-state index in [1.54, 1.807) is 4.79 Å². The average molecular weight is 291 g/mol. The SMILES string of the molecule is Cc1[nH]n(N2Cc3ccccc3C2)c(=O)c1-c1ccccc1. The van der Waals surface area contributed by atoms with E-state index < -0.39 is 0 Å². The van der Waals surface area contributed by atoms with Crippen LogP contribution in [0, 0.1) is 6.92 Å². The second-order valence-electron chi connectivity index (χ2n) is 5.69. The third kappa shape index (κ3) is 1.96. The molecule has 2 heterocycles. The molecule has 0 aliphatic carbocycles. The van der Waals surface area contributed by atoms with Gasteiger partial charge < -0.3 is 0 Å². The Bertz CT molecular complexity index is 852. The molecule has 1 N–H and O–H groups in total. The van der Waals surface area contributed by atoms with Crippen LogP contribution in [-0.4, -0.2) is 9.89 Å². The van der Waals surface area contributed by atoms with Gasteiger partial charge in [-0.05, 0) is 23.6 Å². The molecule has 4 rings (SSSR count). The Balaban J connectivity index is 1.75. The number of rotatable bonds is 2. The molecule has 3 aromatic rings. The molecule has 0 atom stereocenters. The Kier molecular flexibility index (Phi) is 2.89. The monoisotopic (exact) mass is 291 g/mol. The summed E-state index contributed by atoms with van der Waals surface area (Å²) in [6.45, 7) is 3.46. The van der Waals surface area contributed by atoms with Crippen LogP contribution in [-0.2, 0) is 13.1 Å². The van der Waals surface area contributed by atoms with E-state index in [2.05, 4.69) is 17.2 Å². The van der Waals surface area contributed by atoms with E-state index in [-0.39, 0.29) is 5.56 Å². The van der Waals surface area contributed by atoms with Crippen LogP contribution in [0.2, 0.25) is 0 Å². The summed E-state index contributed by atoms with van der Waals surface area (Å²) in [5.74, 6) is 0. The first-order valence-corrected chi connectivity index (χ1v) is 7.43. The topological polar surface area (TPSA) is 41.0 Å². The van der Waals surface area contributed by atoms with E-state index in [0.29, 0.717) is 0 Å². The summed E-state index contributed by atoms with van der Waals surface area (Å²) in [5.41, 5.74) is 5.17. The second-order valence-corrected chi connectivity index (χ2v) is 5.69. The van der Waals surface area contributed by atoms with Crippen molar-refractivity contribution < 1.29 is 0 Å². The molecule has 0 spiro atoms. The maximum Gasteiger partial charge on any atom is 0.293 e. The first-order valence-electron chi connectivity index (χ1n) is 7.43. The minimum atomic E-state index is 0.0107. The molecule has 0 unspecified atom stereocenters. The number of nitrogens with zero attached hydrogens (tertiary/aromatic N) is 2. The largest absolute Gasteiger partial charge is 0.293 e. The number of hydrogen-bond donors (Lipinski definition) is 1. The summed E-state index contributed by atoms with van der Waals surface area (Å²) >= 11 is 0. The van der Waals surface area contributed by atoms with Gasteiger partial charge in [0.05, 0.1) is 18.7 Å². The summed E-state index contributed by atoms with van der Waals surface area (Å²) in [7, 11) is 0. The first-order chi connectivity index (χ1) is 10.7. The zero-order chi connectivity index (χ0) is 15.1. The van der Waals surface area contributed by atoms with Gasteiger partial charge in [-0.25, -0.2) is 0 Å². The van der Waals surface area contributed by atoms with Crippen molar-refractivity contribution in [3.05, 3.63) is 81.8 Å². The van der Waals surface area contributed by atoms with Crippen molar-refractivity contribution in [2.24, 2.45) is 0 Å². The zero-order valence-corrected chi connectivity index (χ0v) is 12.4. The minimum Gasteiger partial charge on any atom is -0.286 e. The maximum absolute atomic E-state index is 12.8. The van der Waals surface area contributed by atoms with Gasteiger partial charge in [0.2, 0.25) is 0 Å². The van der Waals surface area contributed by atoms with Crippen LogP contribution in [0.4, 0.5) is 0 Å². The minimum absolute atomic E-state index is 0.0107. The number of nitrogens with one attached hydrogen (secondary N) is 1. The van der Waals surface area contributed by atoms with Crippen LogP contribution >= 0.6 is 0 Å². The normalized spacial score (nSPS) is 13.4. The van der Waals surface area contributed by atoms with Crippen molar-refractivity contribution in [3.8, 4) is 11.1 Å². The molecule has 1 aliphatic heterocycles. The van der Waals surface area contributed by atoms with E-state index in [0.717, 1.165) is 29.9 Å². The van der Waals surface area contributed by atoms with Crippen molar-refractivity contribution in [3.63, 3.8) is 0 Å². The average Bonchev–Trinajstić information content (AvgIpc) is 3.09. The predicted molar refractivity (Wildman–Crippen MR) is 87.3 cm³/mol. The standard InChI is InChI=1S/C18H17N3O/c1-13-17(14-7-3-2-4-8-14)18(22)21(19-13)20-11-15-9-5-6-10-16(15)12-20/h2-10,19H,11-12H2,1H3.